The van der Waals surface area contributed by atoms with E-state index in [2.05, 4.69) is 6.58 Å². The maximum absolute atomic E-state index is 12.6. The molecule has 0 spiro atoms. The number of nitro benzene ring substituents is 1. The van der Waals surface area contributed by atoms with Gasteiger partial charge >= 0.3 is 0 Å². The van der Waals surface area contributed by atoms with Crippen LogP contribution < -0.4 is 4.74 Å². The molecule has 0 aromatic heterocycles. The van der Waals surface area contributed by atoms with Gasteiger partial charge in [-0.15, -0.1) is 6.58 Å². The van der Waals surface area contributed by atoms with Crippen LogP contribution in [0.4, 0.5) is 5.69 Å². The third kappa shape index (κ3) is 4.84. The van der Waals surface area contributed by atoms with E-state index in [-0.39, 0.29) is 18.2 Å². The zero-order valence-electron chi connectivity index (χ0n) is 15.0. The summed E-state index contributed by atoms with van der Waals surface area (Å²) in [5.74, 6) is 0.118. The molecule has 0 saturated carbocycles. The highest BCUT2D eigenvalue weighted by Crippen LogP contribution is 2.35. The summed E-state index contributed by atoms with van der Waals surface area (Å²) in [5, 5.41) is 11.8. The molecule has 3 rings (SSSR count). The Hall–Kier alpha value is -2.68. The third-order valence-corrected chi connectivity index (χ3v) is 5.76. The molecule has 0 radical (unpaired) electrons. The molecular weight excluding hydrogens is 432 g/mol. The monoisotopic (exact) mass is 446 g/mol. The minimum Gasteiger partial charge on any atom is -0.488 e. The van der Waals surface area contributed by atoms with Gasteiger partial charge in [0.25, 0.3) is 11.6 Å². The van der Waals surface area contributed by atoms with Crippen molar-refractivity contribution in [1.82, 2.24) is 4.90 Å². The molecule has 1 fully saturated rings. The molecule has 1 heterocycles. The van der Waals surface area contributed by atoms with Crippen molar-refractivity contribution in [2.45, 2.75) is 6.61 Å². The van der Waals surface area contributed by atoms with Crippen molar-refractivity contribution in [3.63, 3.8) is 0 Å². The highest BCUT2D eigenvalue weighted by Gasteiger charge is 2.31. The van der Waals surface area contributed by atoms with E-state index in [9.17, 15) is 14.9 Å². The second-order valence-corrected chi connectivity index (χ2v) is 8.02. The lowest BCUT2D eigenvalue weighted by Crippen LogP contribution is -2.27. The van der Waals surface area contributed by atoms with Crippen molar-refractivity contribution >= 4 is 57.6 Å². The summed E-state index contributed by atoms with van der Waals surface area (Å²) in [6.45, 7) is 4.09. The van der Waals surface area contributed by atoms with Crippen LogP contribution in [0.25, 0.3) is 6.08 Å². The molecule has 2 aromatic carbocycles. The number of thiocarbonyl (C=S) groups is 1. The van der Waals surface area contributed by atoms with Crippen LogP contribution in [0.2, 0.25) is 5.02 Å². The molecule has 29 heavy (non-hydrogen) atoms. The van der Waals surface area contributed by atoms with Gasteiger partial charge in [-0.3, -0.25) is 19.8 Å². The summed E-state index contributed by atoms with van der Waals surface area (Å²) in [6.07, 6.45) is 3.14. The zero-order valence-corrected chi connectivity index (χ0v) is 17.4. The first-order valence-electron chi connectivity index (χ1n) is 8.41. The normalized spacial score (nSPS) is 15.1. The predicted octanol–water partition coefficient (Wildman–Crippen LogP) is 5.21. The Balaban J connectivity index is 1.93. The molecule has 1 amide bonds. The summed E-state index contributed by atoms with van der Waals surface area (Å²) in [7, 11) is 0. The van der Waals surface area contributed by atoms with E-state index >= 15 is 0 Å². The van der Waals surface area contributed by atoms with Crippen molar-refractivity contribution in [2.24, 2.45) is 0 Å². The van der Waals surface area contributed by atoms with Gasteiger partial charge in [0.05, 0.1) is 9.83 Å². The SMILES string of the molecule is C=CCN1C(=O)C(=Cc2cc([N+](=O)[O-])ccc2OCc2ccccc2Cl)SC1=S. The Labute approximate surface area is 181 Å². The van der Waals surface area contributed by atoms with E-state index in [1.807, 2.05) is 18.2 Å². The second-order valence-electron chi connectivity index (χ2n) is 5.94. The van der Waals surface area contributed by atoms with E-state index in [0.717, 1.165) is 17.3 Å². The predicted molar refractivity (Wildman–Crippen MR) is 119 cm³/mol. The van der Waals surface area contributed by atoms with Gasteiger partial charge in [0.2, 0.25) is 0 Å². The lowest BCUT2D eigenvalue weighted by Gasteiger charge is -2.11. The molecule has 0 bridgehead atoms. The number of carbonyl (C=O) groups is 1. The molecule has 0 atom stereocenters. The Morgan fingerprint density at radius 2 is 2.07 bits per heavy atom. The van der Waals surface area contributed by atoms with E-state index in [4.69, 9.17) is 28.6 Å². The van der Waals surface area contributed by atoms with E-state index < -0.39 is 4.92 Å². The molecule has 0 unspecified atom stereocenters. The van der Waals surface area contributed by atoms with Gasteiger partial charge in [0, 0.05) is 34.8 Å². The van der Waals surface area contributed by atoms with Crippen LogP contribution in [0, 0.1) is 10.1 Å². The second kappa shape index (κ2) is 9.21. The minimum absolute atomic E-state index is 0.108. The number of rotatable bonds is 7. The molecule has 0 aliphatic carbocycles. The lowest BCUT2D eigenvalue weighted by atomic mass is 10.1. The Morgan fingerprint density at radius 3 is 2.76 bits per heavy atom. The first-order chi connectivity index (χ1) is 13.9. The molecule has 148 valence electrons. The minimum atomic E-state index is -0.502. The summed E-state index contributed by atoms with van der Waals surface area (Å²) >= 11 is 12.5. The topological polar surface area (TPSA) is 72.7 Å². The molecule has 1 aliphatic heterocycles. The average Bonchev–Trinajstić information content (AvgIpc) is 2.95. The summed E-state index contributed by atoms with van der Waals surface area (Å²) in [6, 6.07) is 11.5. The van der Waals surface area contributed by atoms with Gasteiger partial charge in [-0.1, -0.05) is 59.9 Å². The zero-order chi connectivity index (χ0) is 21.0. The Kier molecular flexibility index (Phi) is 6.68. The molecule has 2 aromatic rings. The van der Waals surface area contributed by atoms with Crippen LogP contribution in [0.1, 0.15) is 11.1 Å². The number of halogens is 1. The van der Waals surface area contributed by atoms with Crippen molar-refractivity contribution in [3.8, 4) is 5.75 Å². The number of nitrogens with zero attached hydrogens (tertiary/aromatic N) is 2. The molecule has 9 heteroatoms. The average molecular weight is 447 g/mol. The van der Waals surface area contributed by atoms with Crippen LogP contribution in [0.3, 0.4) is 0 Å². The standard InChI is InChI=1S/C20H15ClN2O4S2/c1-2-9-22-19(24)18(29-20(22)28)11-14-10-15(23(25)26)7-8-17(14)27-12-13-5-3-4-6-16(13)21/h2-8,10-11H,1,9,12H2. The van der Waals surface area contributed by atoms with Gasteiger partial charge in [0.15, 0.2) is 0 Å². The maximum Gasteiger partial charge on any atom is 0.270 e. The fourth-order valence-electron chi connectivity index (χ4n) is 2.59. The smallest absolute Gasteiger partial charge is 0.270 e. The van der Waals surface area contributed by atoms with Gasteiger partial charge in [-0.25, -0.2) is 0 Å². The number of thioether (sulfide) groups is 1. The van der Waals surface area contributed by atoms with Crippen LogP contribution >= 0.6 is 35.6 Å². The number of ether oxygens (including phenoxy) is 1. The van der Waals surface area contributed by atoms with Gasteiger partial charge in [0.1, 0.15) is 16.7 Å². The number of benzene rings is 2. The summed E-state index contributed by atoms with van der Waals surface area (Å²) in [5.41, 5.74) is 1.07. The van der Waals surface area contributed by atoms with Crippen LogP contribution in [0.5, 0.6) is 5.75 Å². The fraction of sp³-hybridized carbons (Fsp3) is 0.100. The third-order valence-electron chi connectivity index (χ3n) is 4.02. The number of non-ortho nitro benzene ring substituents is 1. The summed E-state index contributed by atoms with van der Waals surface area (Å²) in [4.78, 5) is 25.0. The summed E-state index contributed by atoms with van der Waals surface area (Å²) < 4.78 is 6.26. The molecule has 1 saturated heterocycles. The van der Waals surface area contributed by atoms with E-state index in [1.54, 1.807) is 18.2 Å². The highest BCUT2D eigenvalue weighted by atomic mass is 35.5. The van der Waals surface area contributed by atoms with Gasteiger partial charge in [-0.2, -0.15) is 0 Å². The van der Waals surface area contributed by atoms with Gasteiger partial charge < -0.3 is 4.74 Å². The van der Waals surface area contributed by atoms with Crippen LogP contribution in [0.15, 0.2) is 60.0 Å². The Bertz CT molecular complexity index is 1040. The Morgan fingerprint density at radius 1 is 1.31 bits per heavy atom. The van der Waals surface area contributed by atoms with Crippen molar-refractivity contribution in [1.29, 1.82) is 0 Å². The number of hydrogen-bond donors (Lipinski definition) is 0. The van der Waals surface area contributed by atoms with E-state index in [1.165, 1.54) is 23.1 Å². The number of hydrogen-bond acceptors (Lipinski definition) is 6. The van der Waals surface area contributed by atoms with Crippen molar-refractivity contribution in [3.05, 3.63) is 86.3 Å². The first kappa shape index (κ1) is 21.0. The highest BCUT2D eigenvalue weighted by molar-refractivity contribution is 8.26. The van der Waals surface area contributed by atoms with Crippen molar-refractivity contribution in [2.75, 3.05) is 6.54 Å². The number of carbonyl (C=O) groups excluding carboxylic acids is 1. The van der Waals surface area contributed by atoms with Crippen LogP contribution in [-0.2, 0) is 11.4 Å². The maximum atomic E-state index is 12.6. The van der Waals surface area contributed by atoms with Gasteiger partial charge in [-0.05, 0) is 18.2 Å². The largest absolute Gasteiger partial charge is 0.488 e. The first-order valence-corrected chi connectivity index (χ1v) is 10.0. The quantitative estimate of drug-likeness (QED) is 0.191. The molecule has 0 N–H and O–H groups in total. The van der Waals surface area contributed by atoms with Crippen molar-refractivity contribution < 1.29 is 14.5 Å². The van der Waals surface area contributed by atoms with Crippen LogP contribution in [-0.4, -0.2) is 26.6 Å². The van der Waals surface area contributed by atoms with E-state index in [0.29, 0.717) is 32.1 Å². The molecule has 6 nitrogen and oxygen atoms in total. The number of nitro groups is 1. The molecular formula is C20H15ClN2O4S2. The molecule has 1 aliphatic rings. The lowest BCUT2D eigenvalue weighted by molar-refractivity contribution is -0.384. The fourth-order valence-corrected chi connectivity index (χ4v) is 4.05. The number of amides is 1.